The van der Waals surface area contributed by atoms with Crippen LogP contribution in [0.1, 0.15) is 0 Å². The minimum Gasteiger partial charge on any atom is -0.269 e. The molecule has 0 aliphatic carbocycles. The molecule has 0 spiro atoms. The second-order valence-electron chi connectivity index (χ2n) is 1.84. The maximum Gasteiger partial charge on any atom is 0.326 e. The number of carbonyl (C=O) groups is 2. The highest BCUT2D eigenvalue weighted by Gasteiger charge is 2.13. The summed E-state index contributed by atoms with van der Waals surface area (Å²) < 4.78 is 24.6. The van der Waals surface area contributed by atoms with Crippen molar-refractivity contribution in [3.8, 4) is 0 Å². The molecule has 0 saturated heterocycles. The first-order valence-electron chi connectivity index (χ1n) is 3.04. The highest BCUT2D eigenvalue weighted by molar-refractivity contribution is 7.88. The fourth-order valence-corrected chi connectivity index (χ4v) is 1.12. The molecule has 0 aromatic rings. The fraction of sp³-hybridized carbons (Fsp3) is 0. The largest absolute Gasteiger partial charge is 0.326 e. The average molecular weight is 204 g/mol. The van der Waals surface area contributed by atoms with Crippen LogP contribution in [0.5, 0.6) is 0 Å². The summed E-state index contributed by atoms with van der Waals surface area (Å²) in [4.78, 5) is 21.0. The number of rotatable bonds is 4. The Morgan fingerprint density at radius 1 is 1.00 bits per heavy atom. The number of amides is 2. The van der Waals surface area contributed by atoms with Gasteiger partial charge in [-0.3, -0.25) is 9.59 Å². The lowest BCUT2D eigenvalue weighted by Gasteiger charge is -2.03. The van der Waals surface area contributed by atoms with Crippen molar-refractivity contribution in [3.05, 3.63) is 25.3 Å². The predicted molar refractivity (Wildman–Crippen MR) is 45.6 cm³/mol. The Balaban J connectivity index is 4.42. The molecule has 6 nitrogen and oxygen atoms in total. The maximum atomic E-state index is 10.8. The van der Waals surface area contributed by atoms with Crippen LogP contribution in [-0.2, 0) is 19.8 Å². The third-order valence-corrected chi connectivity index (χ3v) is 1.78. The molecule has 2 amide bonds. The lowest BCUT2D eigenvalue weighted by molar-refractivity contribution is -0.114. The van der Waals surface area contributed by atoms with E-state index in [4.69, 9.17) is 0 Å². The van der Waals surface area contributed by atoms with Crippen molar-refractivity contribution in [2.24, 2.45) is 0 Å². The Morgan fingerprint density at radius 3 is 1.54 bits per heavy atom. The van der Waals surface area contributed by atoms with E-state index in [-0.39, 0.29) is 0 Å². The summed E-state index contributed by atoms with van der Waals surface area (Å²) in [5, 5.41) is 0. The zero-order valence-electron chi connectivity index (χ0n) is 6.61. The summed E-state index contributed by atoms with van der Waals surface area (Å²) in [6.07, 6.45) is 1.52. The predicted octanol–water partition coefficient (Wildman–Crippen LogP) is -1.16. The van der Waals surface area contributed by atoms with Gasteiger partial charge in [0.2, 0.25) is 0 Å². The van der Waals surface area contributed by atoms with E-state index in [1.54, 1.807) is 0 Å². The van der Waals surface area contributed by atoms with Crippen LogP contribution in [0.15, 0.2) is 25.3 Å². The van der Waals surface area contributed by atoms with E-state index in [1.807, 2.05) is 0 Å². The van der Waals surface area contributed by atoms with E-state index in [0.29, 0.717) is 0 Å². The molecule has 13 heavy (non-hydrogen) atoms. The van der Waals surface area contributed by atoms with Gasteiger partial charge in [-0.2, -0.15) is 8.42 Å². The highest BCUT2D eigenvalue weighted by Crippen LogP contribution is 1.79. The first kappa shape index (κ1) is 11.4. The molecule has 2 N–H and O–H groups in total. The van der Waals surface area contributed by atoms with Gasteiger partial charge in [0.25, 0.3) is 11.8 Å². The number of hydrogen-bond acceptors (Lipinski definition) is 4. The van der Waals surface area contributed by atoms with Gasteiger partial charge in [-0.1, -0.05) is 13.2 Å². The third kappa shape index (κ3) is 4.75. The lowest BCUT2D eigenvalue weighted by atomic mass is 10.6. The minimum absolute atomic E-state index is 0.762. The van der Waals surface area contributed by atoms with Gasteiger partial charge in [0.15, 0.2) is 0 Å². The SMILES string of the molecule is C=CC(=O)NS(=O)(=O)NC(=O)C=C. The molecule has 0 aromatic heterocycles. The van der Waals surface area contributed by atoms with Crippen LogP contribution >= 0.6 is 0 Å². The number of nitrogens with one attached hydrogen (secondary N) is 2. The molecule has 0 bridgehead atoms. The first-order valence-corrected chi connectivity index (χ1v) is 4.53. The normalized spacial score (nSPS) is 9.85. The molecule has 0 unspecified atom stereocenters. The molecule has 0 aliphatic heterocycles. The zero-order valence-corrected chi connectivity index (χ0v) is 7.43. The first-order chi connectivity index (χ1) is 5.91. The number of hydrogen-bond donors (Lipinski definition) is 2. The van der Waals surface area contributed by atoms with Crippen molar-refractivity contribution in [1.29, 1.82) is 0 Å². The molecule has 72 valence electrons. The Labute approximate surface area is 75.5 Å². The summed E-state index contributed by atoms with van der Waals surface area (Å²) in [5.74, 6) is -1.85. The van der Waals surface area contributed by atoms with E-state index in [1.165, 1.54) is 9.44 Å². The summed E-state index contributed by atoms with van der Waals surface area (Å²) in [7, 11) is -4.15. The van der Waals surface area contributed by atoms with Crippen LogP contribution in [0.3, 0.4) is 0 Å². The highest BCUT2D eigenvalue weighted by atomic mass is 32.2. The molecule has 7 heteroatoms. The molecule has 0 aromatic carbocycles. The van der Waals surface area contributed by atoms with E-state index < -0.39 is 22.0 Å². The van der Waals surface area contributed by atoms with E-state index >= 15 is 0 Å². The van der Waals surface area contributed by atoms with Crippen LogP contribution in [0.2, 0.25) is 0 Å². The Hall–Kier alpha value is -1.63. The van der Waals surface area contributed by atoms with E-state index in [9.17, 15) is 18.0 Å². The Bertz CT molecular complexity index is 316. The van der Waals surface area contributed by atoms with Crippen LogP contribution < -0.4 is 9.44 Å². The second-order valence-corrected chi connectivity index (χ2v) is 3.26. The third-order valence-electron chi connectivity index (χ3n) is 0.841. The van der Waals surface area contributed by atoms with Gasteiger partial charge in [0, 0.05) is 0 Å². The lowest BCUT2D eigenvalue weighted by Crippen LogP contribution is -2.41. The van der Waals surface area contributed by atoms with Crippen LogP contribution in [0, 0.1) is 0 Å². The summed E-state index contributed by atoms with van der Waals surface area (Å²) in [6, 6.07) is 0. The molecule has 0 rings (SSSR count). The Kier molecular flexibility index (Phi) is 3.86. The topological polar surface area (TPSA) is 92.3 Å². The molecule has 0 saturated carbocycles. The summed E-state index contributed by atoms with van der Waals surface area (Å²) in [5.41, 5.74) is 0. The minimum atomic E-state index is -4.15. The van der Waals surface area contributed by atoms with Crippen LogP contribution in [0.4, 0.5) is 0 Å². The molecule has 0 atom stereocenters. The Morgan fingerprint density at radius 2 is 1.31 bits per heavy atom. The number of carbonyl (C=O) groups excluding carboxylic acids is 2. The summed E-state index contributed by atoms with van der Waals surface area (Å²) >= 11 is 0. The van der Waals surface area contributed by atoms with Gasteiger partial charge >= 0.3 is 10.2 Å². The van der Waals surface area contributed by atoms with Crippen molar-refractivity contribution in [2.75, 3.05) is 0 Å². The summed E-state index contributed by atoms with van der Waals surface area (Å²) in [6.45, 7) is 6.07. The molecular formula is C6H8N2O4S. The maximum absolute atomic E-state index is 10.8. The molecular weight excluding hydrogens is 196 g/mol. The van der Waals surface area contributed by atoms with Gasteiger partial charge < -0.3 is 0 Å². The van der Waals surface area contributed by atoms with E-state index in [0.717, 1.165) is 12.2 Å². The fourth-order valence-electron chi connectivity index (χ4n) is 0.374. The van der Waals surface area contributed by atoms with Gasteiger partial charge in [0.1, 0.15) is 0 Å². The molecule has 0 radical (unpaired) electrons. The average Bonchev–Trinajstić information content (AvgIpc) is 2.02. The van der Waals surface area contributed by atoms with Crippen molar-refractivity contribution < 1.29 is 18.0 Å². The van der Waals surface area contributed by atoms with Crippen LogP contribution in [0.25, 0.3) is 0 Å². The van der Waals surface area contributed by atoms with Crippen molar-refractivity contribution >= 4 is 22.0 Å². The standard InChI is InChI=1S/C6H8N2O4S/c1-3-5(9)7-13(11,12)8-6(10)4-2/h3-4H,1-2H2,(H,7,9)(H,8,10). The van der Waals surface area contributed by atoms with Gasteiger partial charge in [-0.15, -0.1) is 0 Å². The van der Waals surface area contributed by atoms with E-state index in [2.05, 4.69) is 13.2 Å². The van der Waals surface area contributed by atoms with Crippen molar-refractivity contribution in [3.63, 3.8) is 0 Å². The molecule has 0 heterocycles. The zero-order chi connectivity index (χ0) is 10.5. The quantitative estimate of drug-likeness (QED) is 0.565. The monoisotopic (exact) mass is 204 g/mol. The van der Waals surface area contributed by atoms with Crippen molar-refractivity contribution in [1.82, 2.24) is 9.44 Å². The van der Waals surface area contributed by atoms with Crippen molar-refractivity contribution in [2.45, 2.75) is 0 Å². The van der Waals surface area contributed by atoms with Gasteiger partial charge in [0.05, 0.1) is 0 Å². The molecule has 0 fully saturated rings. The van der Waals surface area contributed by atoms with Gasteiger partial charge in [-0.25, -0.2) is 9.44 Å². The smallest absolute Gasteiger partial charge is 0.269 e. The molecule has 0 aliphatic rings. The second kappa shape index (κ2) is 4.41. The van der Waals surface area contributed by atoms with Gasteiger partial charge in [-0.05, 0) is 12.2 Å². The van der Waals surface area contributed by atoms with Crippen LogP contribution in [-0.4, -0.2) is 20.2 Å².